The van der Waals surface area contributed by atoms with Crippen LogP contribution in [-0.2, 0) is 19.9 Å². The third-order valence-electron chi connectivity index (χ3n) is 3.07. The fraction of sp³-hybridized carbons (Fsp3) is 0.286. The van der Waals surface area contributed by atoms with Crippen LogP contribution in [0.3, 0.4) is 0 Å². The van der Waals surface area contributed by atoms with Crippen LogP contribution >= 0.6 is 27.5 Å². The largest absolute Gasteiger partial charge is 0.294 e. The molecule has 0 saturated heterocycles. The second-order valence-electron chi connectivity index (χ2n) is 4.41. The van der Waals surface area contributed by atoms with Crippen molar-refractivity contribution in [1.82, 2.24) is 9.78 Å². The summed E-state index contributed by atoms with van der Waals surface area (Å²) in [4.78, 5) is 12.2. The Hall–Kier alpha value is -1.20. The molecule has 0 spiro atoms. The predicted octanol–water partition coefficient (Wildman–Crippen LogP) is 3.96. The summed E-state index contributed by atoms with van der Waals surface area (Å²) >= 11 is 9.29. The molecule has 0 unspecified atom stereocenters. The quantitative estimate of drug-likeness (QED) is 0.774. The number of halogens is 3. The second kappa shape index (κ2) is 6.06. The van der Waals surface area contributed by atoms with Gasteiger partial charge in [-0.15, -0.1) is 0 Å². The summed E-state index contributed by atoms with van der Waals surface area (Å²) in [6, 6.07) is 4.20. The Labute approximate surface area is 129 Å². The Morgan fingerprint density at radius 1 is 1.50 bits per heavy atom. The van der Waals surface area contributed by atoms with Crippen molar-refractivity contribution in [2.45, 2.75) is 19.8 Å². The molecule has 0 N–H and O–H groups in total. The minimum Gasteiger partial charge on any atom is -0.294 e. The highest BCUT2D eigenvalue weighted by Crippen LogP contribution is 2.23. The third-order valence-corrected chi connectivity index (χ3v) is 4.12. The maximum atomic E-state index is 13.2. The van der Waals surface area contributed by atoms with Crippen molar-refractivity contribution in [1.29, 1.82) is 0 Å². The lowest BCUT2D eigenvalue weighted by Gasteiger charge is -2.04. The third kappa shape index (κ3) is 2.94. The van der Waals surface area contributed by atoms with E-state index in [0.29, 0.717) is 22.7 Å². The molecule has 0 aliphatic heterocycles. The van der Waals surface area contributed by atoms with Crippen molar-refractivity contribution in [2.75, 3.05) is 0 Å². The first-order valence-corrected chi connectivity index (χ1v) is 7.29. The highest BCUT2D eigenvalue weighted by molar-refractivity contribution is 9.10. The molecule has 0 fully saturated rings. The minimum atomic E-state index is -0.395. The Balaban J connectivity index is 2.28. The van der Waals surface area contributed by atoms with Gasteiger partial charge in [0.2, 0.25) is 0 Å². The molecule has 0 atom stereocenters. The standard InChI is InChI=1S/C14H13BrClFN2O/c1-3-11-14(16)12(19(2)18-11)7-13(20)8-4-5-10(17)9(15)6-8/h4-6H,3,7H2,1-2H3. The van der Waals surface area contributed by atoms with Crippen molar-refractivity contribution >= 4 is 33.3 Å². The van der Waals surface area contributed by atoms with E-state index < -0.39 is 5.82 Å². The van der Waals surface area contributed by atoms with E-state index in [1.54, 1.807) is 11.7 Å². The minimum absolute atomic E-state index is 0.127. The van der Waals surface area contributed by atoms with Crippen LogP contribution in [-0.4, -0.2) is 15.6 Å². The molecule has 106 valence electrons. The number of nitrogens with zero attached hydrogens (tertiary/aromatic N) is 2. The SMILES string of the molecule is CCc1nn(C)c(CC(=O)c2ccc(F)c(Br)c2)c1Cl. The van der Waals surface area contributed by atoms with E-state index in [-0.39, 0.29) is 16.7 Å². The van der Waals surface area contributed by atoms with Crippen molar-refractivity contribution in [3.05, 3.63) is 50.5 Å². The summed E-state index contributed by atoms with van der Waals surface area (Å²) in [7, 11) is 1.76. The van der Waals surface area contributed by atoms with Crippen LogP contribution in [0, 0.1) is 5.82 Å². The average Bonchev–Trinajstić information content (AvgIpc) is 2.69. The van der Waals surface area contributed by atoms with E-state index in [2.05, 4.69) is 21.0 Å². The van der Waals surface area contributed by atoms with Gasteiger partial charge < -0.3 is 0 Å². The molecule has 3 nitrogen and oxygen atoms in total. The van der Waals surface area contributed by atoms with Crippen LogP contribution in [0.25, 0.3) is 0 Å². The monoisotopic (exact) mass is 358 g/mol. The molecule has 0 radical (unpaired) electrons. The molecule has 2 rings (SSSR count). The molecule has 1 heterocycles. The second-order valence-corrected chi connectivity index (χ2v) is 5.65. The number of Topliss-reactive ketones (excluding diaryl/α,β-unsaturated/α-hetero) is 1. The van der Waals surface area contributed by atoms with Gasteiger partial charge in [0.1, 0.15) is 5.82 Å². The first-order valence-electron chi connectivity index (χ1n) is 6.12. The number of carbonyl (C=O) groups excluding carboxylic acids is 1. The smallest absolute Gasteiger partial charge is 0.168 e. The molecule has 0 aliphatic carbocycles. The van der Waals surface area contributed by atoms with Crippen molar-refractivity contribution in [3.63, 3.8) is 0 Å². The highest BCUT2D eigenvalue weighted by atomic mass is 79.9. The first kappa shape index (κ1) is 15.2. The van der Waals surface area contributed by atoms with Gasteiger partial charge in [0.25, 0.3) is 0 Å². The zero-order valence-electron chi connectivity index (χ0n) is 11.1. The number of benzene rings is 1. The van der Waals surface area contributed by atoms with Gasteiger partial charge in [-0.25, -0.2) is 4.39 Å². The van der Waals surface area contributed by atoms with Crippen LogP contribution in [0.2, 0.25) is 5.02 Å². The van der Waals surface area contributed by atoms with Gasteiger partial charge in [-0.2, -0.15) is 5.10 Å². The molecule has 0 bridgehead atoms. The topological polar surface area (TPSA) is 34.9 Å². The van der Waals surface area contributed by atoms with Gasteiger partial charge in [0.05, 0.1) is 27.3 Å². The predicted molar refractivity (Wildman–Crippen MR) is 79.7 cm³/mol. The number of ketones is 1. The Bertz CT molecular complexity index is 669. The summed E-state index contributed by atoms with van der Waals surface area (Å²) in [5.41, 5.74) is 1.89. The number of carbonyl (C=O) groups is 1. The van der Waals surface area contributed by atoms with Crippen molar-refractivity contribution < 1.29 is 9.18 Å². The molecular formula is C14H13BrClFN2O. The van der Waals surface area contributed by atoms with Crippen LogP contribution in [0.1, 0.15) is 28.7 Å². The molecule has 0 saturated carbocycles. The Morgan fingerprint density at radius 2 is 2.20 bits per heavy atom. The zero-order chi connectivity index (χ0) is 14.9. The average molecular weight is 360 g/mol. The van der Waals surface area contributed by atoms with Crippen molar-refractivity contribution in [2.24, 2.45) is 7.05 Å². The molecule has 0 aliphatic rings. The van der Waals surface area contributed by atoms with E-state index in [1.165, 1.54) is 18.2 Å². The Morgan fingerprint density at radius 3 is 2.75 bits per heavy atom. The number of aromatic nitrogens is 2. The van der Waals surface area contributed by atoms with E-state index >= 15 is 0 Å². The number of rotatable bonds is 4. The van der Waals surface area contributed by atoms with E-state index in [9.17, 15) is 9.18 Å². The molecule has 6 heteroatoms. The molecule has 20 heavy (non-hydrogen) atoms. The first-order chi connectivity index (χ1) is 9.43. The normalized spacial score (nSPS) is 10.8. The summed E-state index contributed by atoms with van der Waals surface area (Å²) in [6.07, 6.45) is 0.851. The fourth-order valence-corrected chi connectivity index (χ4v) is 2.67. The summed E-state index contributed by atoms with van der Waals surface area (Å²) in [6.45, 7) is 1.96. The maximum Gasteiger partial charge on any atom is 0.168 e. The lowest BCUT2D eigenvalue weighted by atomic mass is 10.1. The number of aryl methyl sites for hydroxylation is 2. The van der Waals surface area contributed by atoms with E-state index in [1.807, 2.05) is 6.92 Å². The van der Waals surface area contributed by atoms with Crippen LogP contribution < -0.4 is 0 Å². The molecule has 2 aromatic rings. The lowest BCUT2D eigenvalue weighted by Crippen LogP contribution is -2.08. The summed E-state index contributed by atoms with van der Waals surface area (Å²) < 4.78 is 15.1. The fourth-order valence-electron chi connectivity index (χ4n) is 1.94. The van der Waals surface area contributed by atoms with Crippen LogP contribution in [0.4, 0.5) is 4.39 Å². The maximum absolute atomic E-state index is 13.2. The van der Waals surface area contributed by atoms with Gasteiger partial charge >= 0.3 is 0 Å². The van der Waals surface area contributed by atoms with Gasteiger partial charge in [0, 0.05) is 12.6 Å². The lowest BCUT2D eigenvalue weighted by molar-refractivity contribution is 0.0990. The van der Waals surface area contributed by atoms with Gasteiger partial charge in [0.15, 0.2) is 5.78 Å². The summed E-state index contributed by atoms with van der Waals surface area (Å²) in [5.74, 6) is -0.522. The van der Waals surface area contributed by atoms with Crippen molar-refractivity contribution in [3.8, 4) is 0 Å². The van der Waals surface area contributed by atoms with E-state index in [0.717, 1.165) is 5.69 Å². The van der Waals surface area contributed by atoms with Crippen LogP contribution in [0.5, 0.6) is 0 Å². The molecule has 1 aromatic carbocycles. The highest BCUT2D eigenvalue weighted by Gasteiger charge is 2.17. The Kier molecular flexibility index (Phi) is 4.60. The summed E-state index contributed by atoms with van der Waals surface area (Å²) in [5, 5.41) is 4.80. The number of hydrogen-bond donors (Lipinski definition) is 0. The van der Waals surface area contributed by atoms with Gasteiger partial charge in [-0.05, 0) is 40.5 Å². The number of hydrogen-bond acceptors (Lipinski definition) is 2. The zero-order valence-corrected chi connectivity index (χ0v) is 13.4. The molecular weight excluding hydrogens is 347 g/mol. The van der Waals surface area contributed by atoms with Gasteiger partial charge in [-0.3, -0.25) is 9.48 Å². The molecule has 1 aromatic heterocycles. The molecule has 0 amide bonds. The van der Waals surface area contributed by atoms with E-state index in [4.69, 9.17) is 11.6 Å². The van der Waals surface area contributed by atoms with Gasteiger partial charge in [-0.1, -0.05) is 18.5 Å². The van der Waals surface area contributed by atoms with Crippen LogP contribution in [0.15, 0.2) is 22.7 Å².